The molecule has 0 saturated heterocycles. The molecule has 0 aliphatic carbocycles. The summed E-state index contributed by atoms with van der Waals surface area (Å²) in [6, 6.07) is 1.12. The van der Waals surface area contributed by atoms with Crippen LogP contribution in [0.5, 0.6) is 0 Å². The van der Waals surface area contributed by atoms with Crippen LogP contribution < -0.4 is 11.3 Å². The number of hydrogen-bond acceptors (Lipinski definition) is 4. The molecule has 2 atom stereocenters. The van der Waals surface area contributed by atoms with Crippen LogP contribution in [0, 0.1) is 5.82 Å². The Labute approximate surface area is 82.2 Å². The minimum atomic E-state index is -0.383. The number of hydrogen-bond donors (Lipinski definition) is 2. The molecule has 3 N–H and O–H groups in total. The van der Waals surface area contributed by atoms with Crippen LogP contribution >= 0.6 is 0 Å². The summed E-state index contributed by atoms with van der Waals surface area (Å²) >= 11 is 0. The van der Waals surface area contributed by atoms with Gasteiger partial charge in [-0.2, -0.15) is 0 Å². The zero-order valence-corrected chi connectivity index (χ0v) is 8.20. The van der Waals surface area contributed by atoms with E-state index in [1.165, 1.54) is 6.07 Å². The zero-order chi connectivity index (χ0) is 10.6. The number of pyridine rings is 1. The van der Waals surface area contributed by atoms with Crippen LogP contribution in [-0.4, -0.2) is 18.2 Å². The average molecular weight is 199 g/mol. The second-order valence-corrected chi connectivity index (χ2v) is 3.02. The lowest BCUT2D eigenvalue weighted by Gasteiger charge is -2.21. The van der Waals surface area contributed by atoms with Gasteiger partial charge in [-0.25, -0.2) is 4.39 Å². The van der Waals surface area contributed by atoms with Crippen molar-refractivity contribution in [2.24, 2.45) is 5.84 Å². The molecule has 0 radical (unpaired) electrons. The molecule has 14 heavy (non-hydrogen) atoms. The van der Waals surface area contributed by atoms with Crippen molar-refractivity contribution < 1.29 is 9.13 Å². The third-order valence-corrected chi connectivity index (χ3v) is 2.11. The molecule has 0 spiro atoms. The van der Waals surface area contributed by atoms with Crippen LogP contribution in [0.4, 0.5) is 4.39 Å². The Kier molecular flexibility index (Phi) is 3.94. The Morgan fingerprint density at radius 2 is 2.29 bits per heavy atom. The Bertz CT molecular complexity index is 295. The SMILES string of the molecule is COC(C)C(NN)c1cncc(F)c1. The van der Waals surface area contributed by atoms with E-state index < -0.39 is 0 Å². The second kappa shape index (κ2) is 4.99. The van der Waals surface area contributed by atoms with Crippen molar-refractivity contribution in [1.82, 2.24) is 10.4 Å². The maximum atomic E-state index is 12.9. The Balaban J connectivity index is 2.89. The highest BCUT2D eigenvalue weighted by molar-refractivity contribution is 5.16. The van der Waals surface area contributed by atoms with Crippen LogP contribution in [-0.2, 0) is 4.74 Å². The van der Waals surface area contributed by atoms with Gasteiger partial charge < -0.3 is 4.74 Å². The molecule has 0 aromatic carbocycles. The van der Waals surface area contributed by atoms with E-state index in [0.717, 1.165) is 6.20 Å². The molecule has 1 aromatic heterocycles. The van der Waals surface area contributed by atoms with Gasteiger partial charge in [0, 0.05) is 13.3 Å². The summed E-state index contributed by atoms with van der Waals surface area (Å²) in [6.07, 6.45) is 2.56. The van der Waals surface area contributed by atoms with E-state index in [0.29, 0.717) is 5.56 Å². The summed E-state index contributed by atoms with van der Waals surface area (Å²) in [5.41, 5.74) is 3.23. The number of halogens is 1. The van der Waals surface area contributed by atoms with Crippen molar-refractivity contribution in [2.75, 3.05) is 7.11 Å². The fraction of sp³-hybridized carbons (Fsp3) is 0.444. The van der Waals surface area contributed by atoms with E-state index in [1.54, 1.807) is 13.3 Å². The zero-order valence-electron chi connectivity index (χ0n) is 8.20. The minimum absolute atomic E-state index is 0.149. The number of nitrogens with two attached hydrogens (primary N) is 1. The molecule has 1 rings (SSSR count). The first-order valence-electron chi connectivity index (χ1n) is 4.28. The summed E-state index contributed by atoms with van der Waals surface area (Å²) in [5, 5.41) is 0. The maximum Gasteiger partial charge on any atom is 0.141 e. The smallest absolute Gasteiger partial charge is 0.141 e. The second-order valence-electron chi connectivity index (χ2n) is 3.02. The third-order valence-electron chi connectivity index (χ3n) is 2.11. The molecule has 0 aliphatic rings. The Morgan fingerprint density at radius 1 is 1.57 bits per heavy atom. The van der Waals surface area contributed by atoms with E-state index in [4.69, 9.17) is 10.6 Å². The quantitative estimate of drug-likeness (QED) is 0.555. The van der Waals surface area contributed by atoms with Crippen LogP contribution in [0.25, 0.3) is 0 Å². The first kappa shape index (κ1) is 11.0. The normalized spacial score (nSPS) is 15.1. The highest BCUT2D eigenvalue weighted by Gasteiger charge is 2.17. The Morgan fingerprint density at radius 3 is 2.79 bits per heavy atom. The van der Waals surface area contributed by atoms with Crippen LogP contribution in [0.2, 0.25) is 0 Å². The molecule has 1 aromatic rings. The maximum absolute atomic E-state index is 12.9. The molecule has 5 heteroatoms. The topological polar surface area (TPSA) is 60.2 Å². The van der Waals surface area contributed by atoms with Gasteiger partial charge in [0.15, 0.2) is 0 Å². The number of hydrazine groups is 1. The van der Waals surface area contributed by atoms with Crippen molar-refractivity contribution in [3.05, 3.63) is 29.8 Å². The molecule has 2 unspecified atom stereocenters. The Hall–Kier alpha value is -1.04. The lowest BCUT2D eigenvalue weighted by molar-refractivity contribution is 0.0829. The van der Waals surface area contributed by atoms with Gasteiger partial charge in [-0.3, -0.25) is 16.3 Å². The van der Waals surface area contributed by atoms with Crippen molar-refractivity contribution >= 4 is 0 Å². The van der Waals surface area contributed by atoms with E-state index in [9.17, 15) is 4.39 Å². The highest BCUT2D eigenvalue weighted by Crippen LogP contribution is 2.17. The van der Waals surface area contributed by atoms with Gasteiger partial charge in [0.25, 0.3) is 0 Å². The van der Waals surface area contributed by atoms with Gasteiger partial charge in [0.05, 0.1) is 18.3 Å². The largest absolute Gasteiger partial charge is 0.380 e. The molecule has 0 saturated carbocycles. The fourth-order valence-corrected chi connectivity index (χ4v) is 1.24. The van der Waals surface area contributed by atoms with Gasteiger partial charge >= 0.3 is 0 Å². The first-order valence-corrected chi connectivity index (χ1v) is 4.28. The molecule has 0 bridgehead atoms. The van der Waals surface area contributed by atoms with Gasteiger partial charge in [-0.15, -0.1) is 0 Å². The van der Waals surface area contributed by atoms with Gasteiger partial charge in [0.2, 0.25) is 0 Å². The van der Waals surface area contributed by atoms with Gasteiger partial charge in [0.1, 0.15) is 5.82 Å². The molecule has 4 nitrogen and oxygen atoms in total. The number of methoxy groups -OCH3 is 1. The third kappa shape index (κ3) is 2.47. The number of nitrogens with zero attached hydrogens (tertiary/aromatic N) is 1. The van der Waals surface area contributed by atoms with Gasteiger partial charge in [-0.05, 0) is 18.6 Å². The van der Waals surface area contributed by atoms with E-state index in [-0.39, 0.29) is 18.0 Å². The van der Waals surface area contributed by atoms with Crippen molar-refractivity contribution in [2.45, 2.75) is 19.1 Å². The predicted octanol–water partition coefficient (Wildman–Crippen LogP) is 0.760. The molecule has 1 heterocycles. The lowest BCUT2D eigenvalue weighted by Crippen LogP contribution is -2.36. The molecule has 78 valence electrons. The summed E-state index contributed by atoms with van der Waals surface area (Å²) in [7, 11) is 1.57. The highest BCUT2D eigenvalue weighted by atomic mass is 19.1. The number of aromatic nitrogens is 1. The first-order chi connectivity index (χ1) is 6.69. The summed E-state index contributed by atoms with van der Waals surface area (Å²) < 4.78 is 18.0. The standard InChI is InChI=1S/C9H14FN3O/c1-6(14-2)9(13-11)7-3-8(10)5-12-4-7/h3-6,9,13H,11H2,1-2H3. The average Bonchev–Trinajstić information content (AvgIpc) is 2.19. The summed E-state index contributed by atoms with van der Waals surface area (Å²) in [4.78, 5) is 3.74. The summed E-state index contributed by atoms with van der Waals surface area (Å²) in [5.74, 6) is 4.97. The van der Waals surface area contributed by atoms with Crippen molar-refractivity contribution in [3.63, 3.8) is 0 Å². The lowest BCUT2D eigenvalue weighted by atomic mass is 10.1. The van der Waals surface area contributed by atoms with Crippen molar-refractivity contribution in [1.29, 1.82) is 0 Å². The monoisotopic (exact) mass is 199 g/mol. The molecular formula is C9H14FN3O. The van der Waals surface area contributed by atoms with Crippen LogP contribution in [0.3, 0.4) is 0 Å². The number of nitrogens with one attached hydrogen (secondary N) is 1. The minimum Gasteiger partial charge on any atom is -0.380 e. The molecule has 0 amide bonds. The van der Waals surface area contributed by atoms with Crippen LogP contribution in [0.15, 0.2) is 18.5 Å². The molecular weight excluding hydrogens is 185 g/mol. The van der Waals surface area contributed by atoms with Crippen molar-refractivity contribution in [3.8, 4) is 0 Å². The van der Waals surface area contributed by atoms with Gasteiger partial charge in [-0.1, -0.05) is 0 Å². The predicted molar refractivity (Wildman–Crippen MR) is 50.7 cm³/mol. The number of ether oxygens (including phenoxy) is 1. The number of rotatable bonds is 4. The summed E-state index contributed by atoms with van der Waals surface area (Å²) in [6.45, 7) is 1.84. The molecule has 0 fully saturated rings. The van der Waals surface area contributed by atoms with E-state index in [2.05, 4.69) is 10.4 Å². The molecule has 0 aliphatic heterocycles. The fourth-order valence-electron chi connectivity index (χ4n) is 1.24. The van der Waals surface area contributed by atoms with Crippen LogP contribution in [0.1, 0.15) is 18.5 Å². The van der Waals surface area contributed by atoms with E-state index in [1.807, 2.05) is 6.92 Å². The van der Waals surface area contributed by atoms with E-state index >= 15 is 0 Å².